The first kappa shape index (κ1) is 14.6. The van der Waals surface area contributed by atoms with Gasteiger partial charge in [0.05, 0.1) is 28.7 Å². The quantitative estimate of drug-likeness (QED) is 0.866. The average molecular weight is 325 g/mol. The van der Waals surface area contributed by atoms with Gasteiger partial charge in [0.15, 0.2) is 5.82 Å². The van der Waals surface area contributed by atoms with Crippen molar-refractivity contribution in [2.45, 2.75) is 62.9 Å². The molecule has 1 saturated heterocycles. The molecule has 0 N–H and O–H groups in total. The van der Waals surface area contributed by atoms with Crippen LogP contribution in [-0.4, -0.2) is 27.3 Å². The molecule has 3 aliphatic rings. The minimum Gasteiger partial charge on any atom is -0.374 e. The maximum Gasteiger partial charge on any atom is 0.236 e. The molecule has 126 valence electrons. The van der Waals surface area contributed by atoms with Crippen molar-refractivity contribution in [2.75, 3.05) is 6.61 Å². The van der Waals surface area contributed by atoms with Crippen molar-refractivity contribution in [3.8, 4) is 0 Å². The van der Waals surface area contributed by atoms with Crippen LogP contribution < -0.4 is 0 Å². The smallest absolute Gasteiger partial charge is 0.236 e. The highest BCUT2D eigenvalue weighted by molar-refractivity contribution is 5.35. The number of rotatable bonds is 3. The summed E-state index contributed by atoms with van der Waals surface area (Å²) in [4.78, 5) is 9.43. The lowest BCUT2D eigenvalue weighted by Crippen LogP contribution is -2.48. The second-order valence-electron chi connectivity index (χ2n) is 8.30. The standard InChI is InChI=1S/C19H23N3O2/c1-12-5-6-14(20-10-12)17(2,3)15-21-16(24-22-15)19-9-13(19)11-23-18(19)7-4-8-18/h5-6,10,13H,4,7-9,11H2,1-3H3/t13-,19-/m0/s1. The van der Waals surface area contributed by atoms with Crippen LogP contribution in [-0.2, 0) is 15.6 Å². The number of fused-ring (bicyclic) bond motifs is 2. The van der Waals surface area contributed by atoms with Crippen molar-refractivity contribution >= 4 is 0 Å². The molecule has 5 nitrogen and oxygen atoms in total. The number of ether oxygens (including phenoxy) is 1. The summed E-state index contributed by atoms with van der Waals surface area (Å²) in [6, 6.07) is 4.13. The van der Waals surface area contributed by atoms with Crippen molar-refractivity contribution in [1.29, 1.82) is 0 Å². The molecule has 0 unspecified atom stereocenters. The second-order valence-corrected chi connectivity index (χ2v) is 8.30. The molecule has 2 aromatic rings. The van der Waals surface area contributed by atoms with E-state index < -0.39 is 0 Å². The summed E-state index contributed by atoms with van der Waals surface area (Å²) in [5, 5.41) is 4.35. The number of hydrogen-bond acceptors (Lipinski definition) is 5. The van der Waals surface area contributed by atoms with Crippen molar-refractivity contribution in [1.82, 2.24) is 15.1 Å². The molecule has 1 aliphatic heterocycles. The molecule has 5 rings (SSSR count). The van der Waals surface area contributed by atoms with Crippen LogP contribution in [0.2, 0.25) is 0 Å². The Morgan fingerprint density at radius 1 is 1.25 bits per heavy atom. The lowest BCUT2D eigenvalue weighted by Gasteiger charge is -2.43. The fourth-order valence-electron chi connectivity index (χ4n) is 4.63. The predicted molar refractivity (Wildman–Crippen MR) is 87.7 cm³/mol. The molecule has 2 atom stereocenters. The van der Waals surface area contributed by atoms with Crippen LogP contribution >= 0.6 is 0 Å². The normalized spacial score (nSPS) is 30.2. The number of nitrogens with zero attached hydrogens (tertiary/aromatic N) is 3. The van der Waals surface area contributed by atoms with E-state index in [0.29, 0.717) is 5.92 Å². The SMILES string of the molecule is Cc1ccc(C(C)(C)c2noc([C@]34C[C@H]3COC43CCC3)n2)nc1. The average Bonchev–Trinajstić information content (AvgIpc) is 2.94. The van der Waals surface area contributed by atoms with E-state index in [1.54, 1.807) is 0 Å². The molecule has 1 spiro atoms. The predicted octanol–water partition coefficient (Wildman–Crippen LogP) is 3.31. The Bertz CT molecular complexity index is 791. The molecule has 3 fully saturated rings. The van der Waals surface area contributed by atoms with Gasteiger partial charge in [-0.2, -0.15) is 4.98 Å². The van der Waals surface area contributed by atoms with Crippen molar-refractivity contribution < 1.29 is 9.26 Å². The first-order valence-electron chi connectivity index (χ1n) is 8.90. The summed E-state index contributed by atoms with van der Waals surface area (Å²) in [6.45, 7) is 7.10. The van der Waals surface area contributed by atoms with Gasteiger partial charge in [-0.25, -0.2) is 0 Å². The first-order valence-corrected chi connectivity index (χ1v) is 8.90. The van der Waals surface area contributed by atoms with Gasteiger partial charge in [0, 0.05) is 12.1 Å². The molecule has 0 aromatic carbocycles. The van der Waals surface area contributed by atoms with E-state index in [1.165, 1.54) is 6.42 Å². The Morgan fingerprint density at radius 3 is 2.71 bits per heavy atom. The molecule has 24 heavy (non-hydrogen) atoms. The number of hydrogen-bond donors (Lipinski definition) is 0. The van der Waals surface area contributed by atoms with Crippen LogP contribution in [0.15, 0.2) is 22.9 Å². The topological polar surface area (TPSA) is 61.0 Å². The summed E-state index contributed by atoms with van der Waals surface area (Å²) >= 11 is 0. The third-order valence-electron chi connectivity index (χ3n) is 6.56. The minimum atomic E-state index is -0.372. The molecule has 0 radical (unpaired) electrons. The van der Waals surface area contributed by atoms with Crippen LogP contribution in [0.25, 0.3) is 0 Å². The summed E-state index contributed by atoms with van der Waals surface area (Å²) in [5.74, 6) is 2.07. The van der Waals surface area contributed by atoms with Crippen molar-refractivity contribution in [2.24, 2.45) is 5.92 Å². The second kappa shape index (κ2) is 4.45. The van der Waals surface area contributed by atoms with Gasteiger partial charge in [-0.05, 0) is 58.1 Å². The van der Waals surface area contributed by atoms with Gasteiger partial charge >= 0.3 is 0 Å². The monoisotopic (exact) mass is 325 g/mol. The van der Waals surface area contributed by atoms with Gasteiger partial charge in [-0.15, -0.1) is 0 Å². The van der Waals surface area contributed by atoms with Crippen LogP contribution in [0, 0.1) is 12.8 Å². The number of aromatic nitrogens is 3. The van der Waals surface area contributed by atoms with Gasteiger partial charge in [0.1, 0.15) is 0 Å². The van der Waals surface area contributed by atoms with Gasteiger partial charge < -0.3 is 9.26 Å². The zero-order valence-corrected chi connectivity index (χ0v) is 14.5. The molecule has 3 heterocycles. The molecule has 0 bridgehead atoms. The zero-order valence-electron chi connectivity index (χ0n) is 14.5. The van der Waals surface area contributed by atoms with E-state index in [9.17, 15) is 0 Å². The summed E-state index contributed by atoms with van der Waals surface area (Å²) in [7, 11) is 0. The van der Waals surface area contributed by atoms with E-state index in [-0.39, 0.29) is 16.4 Å². The Balaban J connectivity index is 1.51. The van der Waals surface area contributed by atoms with Crippen LogP contribution in [0.3, 0.4) is 0 Å². The Labute approximate surface area is 141 Å². The molecule has 2 aliphatic carbocycles. The van der Waals surface area contributed by atoms with Gasteiger partial charge in [0.25, 0.3) is 0 Å². The van der Waals surface area contributed by atoms with Crippen LogP contribution in [0.5, 0.6) is 0 Å². The Morgan fingerprint density at radius 2 is 2.08 bits per heavy atom. The first-order chi connectivity index (χ1) is 11.5. The van der Waals surface area contributed by atoms with E-state index in [1.807, 2.05) is 13.1 Å². The third kappa shape index (κ3) is 1.66. The summed E-state index contributed by atoms with van der Waals surface area (Å²) in [5.41, 5.74) is 1.72. The molecular weight excluding hydrogens is 302 g/mol. The highest BCUT2D eigenvalue weighted by atomic mass is 16.5. The van der Waals surface area contributed by atoms with Crippen LogP contribution in [0.1, 0.15) is 62.5 Å². The highest BCUT2D eigenvalue weighted by Gasteiger charge is 2.77. The number of aryl methyl sites for hydroxylation is 1. The molecule has 2 saturated carbocycles. The highest BCUT2D eigenvalue weighted by Crippen LogP contribution is 2.71. The van der Waals surface area contributed by atoms with Crippen LogP contribution in [0.4, 0.5) is 0 Å². The Hall–Kier alpha value is -1.75. The lowest BCUT2D eigenvalue weighted by molar-refractivity contribution is -0.0960. The molecule has 0 amide bonds. The Kier molecular flexibility index (Phi) is 2.70. The van der Waals surface area contributed by atoms with Gasteiger partial charge in [-0.3, -0.25) is 4.98 Å². The molecular formula is C19H23N3O2. The van der Waals surface area contributed by atoms with E-state index in [4.69, 9.17) is 14.2 Å². The maximum absolute atomic E-state index is 6.15. The fourth-order valence-corrected chi connectivity index (χ4v) is 4.63. The summed E-state index contributed by atoms with van der Waals surface area (Å²) < 4.78 is 11.9. The largest absolute Gasteiger partial charge is 0.374 e. The van der Waals surface area contributed by atoms with Crippen molar-refractivity contribution in [3.05, 3.63) is 41.3 Å². The molecule has 5 heteroatoms. The summed E-state index contributed by atoms with van der Waals surface area (Å²) in [6.07, 6.45) is 6.53. The van der Waals surface area contributed by atoms with E-state index in [0.717, 1.165) is 48.8 Å². The lowest BCUT2D eigenvalue weighted by atomic mass is 9.68. The third-order valence-corrected chi connectivity index (χ3v) is 6.56. The molecule has 2 aromatic heterocycles. The van der Waals surface area contributed by atoms with Gasteiger partial charge in [-0.1, -0.05) is 11.2 Å². The number of pyridine rings is 1. The zero-order chi connectivity index (χ0) is 16.6. The van der Waals surface area contributed by atoms with Crippen molar-refractivity contribution in [3.63, 3.8) is 0 Å². The van der Waals surface area contributed by atoms with E-state index in [2.05, 4.69) is 36.1 Å². The van der Waals surface area contributed by atoms with E-state index >= 15 is 0 Å². The fraction of sp³-hybridized carbons (Fsp3) is 0.632. The maximum atomic E-state index is 6.15. The van der Waals surface area contributed by atoms with Gasteiger partial charge in [0.2, 0.25) is 5.89 Å². The minimum absolute atomic E-state index is 0.00666.